The second kappa shape index (κ2) is 8.61. The molecule has 0 amide bonds. The van der Waals surface area contributed by atoms with Crippen molar-refractivity contribution in [2.75, 3.05) is 32.8 Å². The maximum Gasteiger partial charge on any atom is 0.191 e. The molecule has 0 aliphatic carbocycles. The monoisotopic (exact) mass is 340 g/mol. The van der Waals surface area contributed by atoms with Gasteiger partial charge in [-0.25, -0.2) is 4.98 Å². The van der Waals surface area contributed by atoms with E-state index < -0.39 is 5.60 Å². The van der Waals surface area contributed by atoms with Gasteiger partial charge in [0.25, 0.3) is 0 Å². The van der Waals surface area contributed by atoms with Gasteiger partial charge in [-0.05, 0) is 20.8 Å². The number of hydrogen-bond acceptors (Lipinski definition) is 5. The molecule has 0 spiro atoms. The summed E-state index contributed by atoms with van der Waals surface area (Å²) >= 11 is 1.75. The van der Waals surface area contributed by atoms with E-state index in [1.54, 1.807) is 11.3 Å². The predicted molar refractivity (Wildman–Crippen MR) is 94.3 cm³/mol. The van der Waals surface area contributed by atoms with Gasteiger partial charge in [0.1, 0.15) is 0 Å². The van der Waals surface area contributed by atoms with Crippen molar-refractivity contribution in [3.8, 4) is 0 Å². The van der Waals surface area contributed by atoms with Gasteiger partial charge < -0.3 is 20.5 Å². The Hall–Kier alpha value is -1.18. The maximum atomic E-state index is 10.5. The fourth-order valence-electron chi connectivity index (χ4n) is 2.41. The number of nitrogens with one attached hydrogen (secondary N) is 2. The van der Waals surface area contributed by atoms with E-state index in [-0.39, 0.29) is 0 Å². The molecule has 0 bridgehead atoms. The lowest BCUT2D eigenvalue weighted by atomic mass is 9.95. The summed E-state index contributed by atoms with van der Waals surface area (Å²) in [5.41, 5.74) is 0.386. The average molecular weight is 340 g/mol. The zero-order valence-electron chi connectivity index (χ0n) is 14.3. The molecule has 1 aromatic heterocycles. The lowest BCUT2D eigenvalue weighted by Crippen LogP contribution is -2.43. The third kappa shape index (κ3) is 5.75. The Morgan fingerprint density at radius 1 is 1.35 bits per heavy atom. The van der Waals surface area contributed by atoms with E-state index in [1.165, 1.54) is 4.88 Å². The molecule has 0 saturated carbocycles. The third-order valence-corrected chi connectivity index (χ3v) is 5.14. The highest BCUT2D eigenvalue weighted by Crippen LogP contribution is 2.20. The molecular formula is C16H28N4O2S. The molecule has 1 fully saturated rings. The van der Waals surface area contributed by atoms with Crippen LogP contribution in [0.4, 0.5) is 0 Å². The van der Waals surface area contributed by atoms with Crippen molar-refractivity contribution in [1.29, 1.82) is 0 Å². The first-order chi connectivity index (χ1) is 11.0. The highest BCUT2D eigenvalue weighted by atomic mass is 32.1. The number of aryl methyl sites for hydroxylation is 2. The number of aliphatic hydroxyl groups is 1. The van der Waals surface area contributed by atoms with Crippen LogP contribution in [-0.4, -0.2) is 54.5 Å². The Morgan fingerprint density at radius 3 is 2.70 bits per heavy atom. The van der Waals surface area contributed by atoms with Crippen molar-refractivity contribution in [3.05, 3.63) is 15.6 Å². The minimum absolute atomic E-state index is 0.404. The minimum atomic E-state index is -0.732. The summed E-state index contributed by atoms with van der Waals surface area (Å²) in [6.45, 7) is 9.38. The van der Waals surface area contributed by atoms with E-state index >= 15 is 0 Å². The number of thiazole rings is 1. The van der Waals surface area contributed by atoms with Gasteiger partial charge in [0, 0.05) is 50.4 Å². The van der Waals surface area contributed by atoms with Crippen LogP contribution in [0.2, 0.25) is 0 Å². The molecule has 3 N–H and O–H groups in total. The topological polar surface area (TPSA) is 78.8 Å². The fourth-order valence-corrected chi connectivity index (χ4v) is 3.34. The number of ether oxygens (including phenoxy) is 1. The Kier molecular flexibility index (Phi) is 6.80. The van der Waals surface area contributed by atoms with Gasteiger partial charge in [-0.1, -0.05) is 0 Å². The van der Waals surface area contributed by atoms with Crippen LogP contribution >= 0.6 is 11.3 Å². The molecule has 130 valence electrons. The smallest absolute Gasteiger partial charge is 0.191 e. The maximum absolute atomic E-state index is 10.5. The first-order valence-electron chi connectivity index (χ1n) is 8.27. The molecule has 2 heterocycles. The molecule has 0 aromatic carbocycles. The molecule has 2 rings (SSSR count). The number of nitrogens with zero attached hydrogens (tertiary/aromatic N) is 2. The van der Waals surface area contributed by atoms with Crippen LogP contribution in [-0.2, 0) is 11.2 Å². The number of aliphatic imine (C=N–C) groups is 1. The summed E-state index contributed by atoms with van der Waals surface area (Å²) in [7, 11) is 0. The van der Waals surface area contributed by atoms with Crippen molar-refractivity contribution in [3.63, 3.8) is 0 Å². The lowest BCUT2D eigenvalue weighted by Gasteiger charge is -2.30. The summed E-state index contributed by atoms with van der Waals surface area (Å²) in [6, 6.07) is 0. The summed E-state index contributed by atoms with van der Waals surface area (Å²) in [5, 5.41) is 18.2. The van der Waals surface area contributed by atoms with E-state index in [0.717, 1.165) is 36.2 Å². The Balaban J connectivity index is 1.83. The van der Waals surface area contributed by atoms with Gasteiger partial charge in [0.2, 0.25) is 0 Å². The number of aromatic nitrogens is 1. The summed E-state index contributed by atoms with van der Waals surface area (Å²) in [4.78, 5) is 10.4. The zero-order valence-corrected chi connectivity index (χ0v) is 15.1. The molecule has 6 nitrogen and oxygen atoms in total. The molecule has 23 heavy (non-hydrogen) atoms. The molecule has 7 heteroatoms. The van der Waals surface area contributed by atoms with Crippen molar-refractivity contribution >= 4 is 17.3 Å². The number of guanidine groups is 1. The number of hydrogen-bond donors (Lipinski definition) is 3. The molecule has 0 unspecified atom stereocenters. The van der Waals surface area contributed by atoms with Crippen LogP contribution in [0.5, 0.6) is 0 Å². The van der Waals surface area contributed by atoms with Crippen LogP contribution in [0.3, 0.4) is 0 Å². The Morgan fingerprint density at radius 2 is 2.09 bits per heavy atom. The van der Waals surface area contributed by atoms with Crippen molar-refractivity contribution in [1.82, 2.24) is 15.6 Å². The molecule has 1 saturated heterocycles. The number of rotatable bonds is 6. The van der Waals surface area contributed by atoms with Crippen LogP contribution in [0, 0.1) is 13.8 Å². The van der Waals surface area contributed by atoms with Crippen LogP contribution in [0.1, 0.15) is 35.3 Å². The Bertz CT molecular complexity index is 505. The van der Waals surface area contributed by atoms with E-state index in [1.807, 2.05) is 13.8 Å². The molecular weight excluding hydrogens is 312 g/mol. The van der Waals surface area contributed by atoms with Crippen molar-refractivity contribution < 1.29 is 9.84 Å². The summed E-state index contributed by atoms with van der Waals surface area (Å²) in [6.07, 6.45) is 2.17. The van der Waals surface area contributed by atoms with Gasteiger partial charge in [-0.2, -0.15) is 0 Å². The first kappa shape index (κ1) is 18.2. The second-order valence-electron chi connectivity index (χ2n) is 5.96. The van der Waals surface area contributed by atoms with Gasteiger partial charge in [0.05, 0.1) is 22.8 Å². The van der Waals surface area contributed by atoms with Crippen molar-refractivity contribution in [2.24, 2.45) is 4.99 Å². The molecule has 1 aromatic rings. The first-order valence-corrected chi connectivity index (χ1v) is 9.09. The highest BCUT2D eigenvalue weighted by Gasteiger charge is 2.29. The van der Waals surface area contributed by atoms with Crippen LogP contribution in [0.25, 0.3) is 0 Å². The Labute approximate surface area is 142 Å². The highest BCUT2D eigenvalue weighted by molar-refractivity contribution is 7.11. The molecule has 0 radical (unpaired) electrons. The summed E-state index contributed by atoms with van der Waals surface area (Å²) < 4.78 is 5.30. The minimum Gasteiger partial charge on any atom is -0.388 e. The van der Waals surface area contributed by atoms with Crippen LogP contribution < -0.4 is 10.6 Å². The SMILES string of the molecule is CCNC(=NCC1(O)CCOCC1)NCCc1nc(C)c(C)s1. The zero-order chi connectivity index (χ0) is 16.7. The largest absolute Gasteiger partial charge is 0.388 e. The fraction of sp³-hybridized carbons (Fsp3) is 0.750. The lowest BCUT2D eigenvalue weighted by molar-refractivity contribution is -0.0565. The summed E-state index contributed by atoms with van der Waals surface area (Å²) in [5.74, 6) is 0.748. The molecule has 0 atom stereocenters. The van der Waals surface area contributed by atoms with Gasteiger partial charge in [0.15, 0.2) is 5.96 Å². The van der Waals surface area contributed by atoms with Crippen LogP contribution in [0.15, 0.2) is 4.99 Å². The normalized spacial score (nSPS) is 18.0. The van der Waals surface area contributed by atoms with Gasteiger partial charge in [-0.15, -0.1) is 11.3 Å². The van der Waals surface area contributed by atoms with Crippen molar-refractivity contribution in [2.45, 2.75) is 45.6 Å². The molecule has 1 aliphatic heterocycles. The average Bonchev–Trinajstić information content (AvgIpc) is 2.84. The van der Waals surface area contributed by atoms with E-state index in [2.05, 4.69) is 27.5 Å². The van der Waals surface area contributed by atoms with E-state index in [9.17, 15) is 5.11 Å². The molecule has 1 aliphatic rings. The second-order valence-corrected chi connectivity index (χ2v) is 7.25. The quantitative estimate of drug-likeness (QED) is 0.539. The van der Waals surface area contributed by atoms with Gasteiger partial charge in [-0.3, -0.25) is 4.99 Å². The van der Waals surface area contributed by atoms with E-state index in [0.29, 0.717) is 32.6 Å². The van der Waals surface area contributed by atoms with E-state index in [4.69, 9.17) is 4.74 Å². The third-order valence-electron chi connectivity index (χ3n) is 4.00. The standard InChI is InChI=1S/C16H28N4O2S/c1-4-17-15(19-11-16(21)6-9-22-10-7-16)18-8-5-14-20-12(2)13(3)23-14/h21H,4-11H2,1-3H3,(H2,17,18,19). The van der Waals surface area contributed by atoms with Gasteiger partial charge >= 0.3 is 0 Å². The predicted octanol–water partition coefficient (Wildman–Crippen LogP) is 1.40.